The van der Waals surface area contributed by atoms with E-state index in [-0.39, 0.29) is 24.9 Å². The fraction of sp³-hybridized carbons (Fsp3) is 0.381. The molecule has 9 heteroatoms. The quantitative estimate of drug-likeness (QED) is 0.590. The van der Waals surface area contributed by atoms with Crippen molar-refractivity contribution in [2.45, 2.75) is 25.8 Å². The number of rotatable bonds is 10. The number of halogens is 1. The molecule has 0 aliphatic heterocycles. The van der Waals surface area contributed by atoms with Crippen molar-refractivity contribution in [1.29, 1.82) is 0 Å². The molecule has 0 spiro atoms. The topological polar surface area (TPSA) is 84.9 Å². The van der Waals surface area contributed by atoms with E-state index in [0.29, 0.717) is 22.9 Å². The van der Waals surface area contributed by atoms with Crippen LogP contribution in [-0.4, -0.2) is 41.3 Å². The van der Waals surface area contributed by atoms with E-state index in [9.17, 15) is 13.2 Å². The number of nitrogens with zero attached hydrogens (tertiary/aromatic N) is 1. The van der Waals surface area contributed by atoms with Gasteiger partial charge in [-0.3, -0.25) is 9.10 Å². The summed E-state index contributed by atoms with van der Waals surface area (Å²) in [5, 5.41) is 3.24. The molecule has 2 rings (SSSR count). The third-order valence-electron chi connectivity index (χ3n) is 4.58. The van der Waals surface area contributed by atoms with Crippen molar-refractivity contribution in [2.24, 2.45) is 0 Å². The largest absolute Gasteiger partial charge is 0.497 e. The number of nitrogens with one attached hydrogen (secondary N) is 1. The summed E-state index contributed by atoms with van der Waals surface area (Å²) in [6.45, 7) is 2.05. The van der Waals surface area contributed by atoms with Crippen molar-refractivity contribution in [1.82, 2.24) is 5.32 Å². The van der Waals surface area contributed by atoms with Gasteiger partial charge in [0, 0.05) is 13.0 Å². The first-order chi connectivity index (χ1) is 14.2. The molecule has 0 heterocycles. The number of hydrogen-bond donors (Lipinski definition) is 1. The van der Waals surface area contributed by atoms with Gasteiger partial charge in [0.15, 0.2) is 0 Å². The van der Waals surface area contributed by atoms with E-state index in [0.717, 1.165) is 17.6 Å². The average molecular weight is 455 g/mol. The third-order valence-corrected chi connectivity index (χ3v) is 6.07. The van der Waals surface area contributed by atoms with Crippen LogP contribution in [-0.2, 0) is 14.8 Å². The zero-order valence-electron chi connectivity index (χ0n) is 17.5. The average Bonchev–Trinajstić information content (AvgIpc) is 2.70. The maximum absolute atomic E-state index is 12.3. The fourth-order valence-corrected chi connectivity index (χ4v) is 4.18. The van der Waals surface area contributed by atoms with Crippen LogP contribution in [0.25, 0.3) is 0 Å². The summed E-state index contributed by atoms with van der Waals surface area (Å²) in [5.41, 5.74) is 1.38. The van der Waals surface area contributed by atoms with Gasteiger partial charge in [-0.25, -0.2) is 8.42 Å². The van der Waals surface area contributed by atoms with Crippen molar-refractivity contribution >= 4 is 33.2 Å². The lowest BCUT2D eigenvalue weighted by Crippen LogP contribution is -2.32. The van der Waals surface area contributed by atoms with Crippen LogP contribution in [0.5, 0.6) is 11.5 Å². The van der Waals surface area contributed by atoms with Crippen LogP contribution in [0.2, 0.25) is 5.02 Å². The van der Waals surface area contributed by atoms with Crippen molar-refractivity contribution < 1.29 is 22.7 Å². The predicted molar refractivity (Wildman–Crippen MR) is 119 cm³/mol. The molecule has 7 nitrogen and oxygen atoms in total. The Bertz CT molecular complexity index is 964. The summed E-state index contributed by atoms with van der Waals surface area (Å²) in [7, 11) is -0.451. The van der Waals surface area contributed by atoms with Crippen LogP contribution in [0.15, 0.2) is 42.5 Å². The molecule has 0 bridgehead atoms. The molecule has 0 unspecified atom stereocenters. The number of ether oxygens (including phenoxy) is 2. The van der Waals surface area contributed by atoms with Crippen molar-refractivity contribution in [3.8, 4) is 11.5 Å². The first kappa shape index (κ1) is 23.8. The van der Waals surface area contributed by atoms with Crippen LogP contribution in [0.3, 0.4) is 0 Å². The Morgan fingerprint density at radius 3 is 2.33 bits per heavy atom. The van der Waals surface area contributed by atoms with Gasteiger partial charge in [-0.2, -0.15) is 0 Å². The highest BCUT2D eigenvalue weighted by Crippen LogP contribution is 2.30. The van der Waals surface area contributed by atoms with Crippen molar-refractivity contribution in [3.63, 3.8) is 0 Å². The van der Waals surface area contributed by atoms with Gasteiger partial charge in [0.2, 0.25) is 15.9 Å². The molecular formula is C21H27ClN2O5S. The minimum Gasteiger partial charge on any atom is -0.497 e. The van der Waals surface area contributed by atoms with Gasteiger partial charge in [-0.05, 0) is 49.2 Å². The lowest BCUT2D eigenvalue weighted by atomic mass is 10.1. The Morgan fingerprint density at radius 1 is 1.13 bits per heavy atom. The van der Waals surface area contributed by atoms with Gasteiger partial charge in [-0.15, -0.1) is 0 Å². The van der Waals surface area contributed by atoms with Crippen LogP contribution in [0.1, 0.15) is 31.4 Å². The van der Waals surface area contributed by atoms with Crippen LogP contribution >= 0.6 is 11.6 Å². The summed E-state index contributed by atoms with van der Waals surface area (Å²) in [4.78, 5) is 12.3. The molecule has 0 saturated heterocycles. The Morgan fingerprint density at radius 2 is 1.80 bits per heavy atom. The molecule has 0 aromatic heterocycles. The number of carbonyl (C=O) groups excluding carboxylic acids is 1. The summed E-state index contributed by atoms with van der Waals surface area (Å²) < 4.78 is 35.9. The summed E-state index contributed by atoms with van der Waals surface area (Å²) in [6.07, 6.45) is 1.67. The van der Waals surface area contributed by atoms with Gasteiger partial charge >= 0.3 is 0 Å². The molecule has 0 radical (unpaired) electrons. The van der Waals surface area contributed by atoms with Gasteiger partial charge < -0.3 is 14.8 Å². The Balaban J connectivity index is 1.96. The lowest BCUT2D eigenvalue weighted by molar-refractivity contribution is -0.121. The van der Waals surface area contributed by atoms with Crippen molar-refractivity contribution in [2.75, 3.05) is 31.3 Å². The zero-order chi connectivity index (χ0) is 22.3. The molecule has 30 heavy (non-hydrogen) atoms. The highest BCUT2D eigenvalue weighted by atomic mass is 35.5. The Labute approximate surface area is 183 Å². The molecule has 1 N–H and O–H groups in total. The summed E-state index contributed by atoms with van der Waals surface area (Å²) in [6, 6.07) is 12.0. The summed E-state index contributed by atoms with van der Waals surface area (Å²) >= 11 is 6.12. The zero-order valence-corrected chi connectivity index (χ0v) is 19.1. The van der Waals surface area contributed by atoms with E-state index in [2.05, 4.69) is 5.32 Å². The van der Waals surface area contributed by atoms with Crippen LogP contribution < -0.4 is 19.1 Å². The van der Waals surface area contributed by atoms with E-state index in [1.807, 2.05) is 31.2 Å². The standard InChI is InChI=1S/C21H27ClN2O5S/c1-15(16-7-10-18(28-2)11-8-16)23-21(25)6-5-13-24(30(4,26)27)17-9-12-20(29-3)19(22)14-17/h7-12,14-15H,5-6,13H2,1-4H3,(H,23,25)/t15-/m1/s1. The van der Waals surface area contributed by atoms with E-state index < -0.39 is 10.0 Å². The molecule has 1 atom stereocenters. The number of hydrogen-bond acceptors (Lipinski definition) is 5. The monoisotopic (exact) mass is 454 g/mol. The molecular weight excluding hydrogens is 428 g/mol. The van der Waals surface area contributed by atoms with Crippen LogP contribution in [0.4, 0.5) is 5.69 Å². The molecule has 1 amide bonds. The highest BCUT2D eigenvalue weighted by Gasteiger charge is 2.19. The second-order valence-electron chi connectivity index (χ2n) is 6.82. The number of methoxy groups -OCH3 is 2. The van der Waals surface area contributed by atoms with E-state index in [1.165, 1.54) is 17.5 Å². The number of carbonyl (C=O) groups is 1. The molecule has 2 aromatic carbocycles. The molecule has 164 valence electrons. The van der Waals surface area contributed by atoms with Gasteiger partial charge in [-0.1, -0.05) is 23.7 Å². The molecule has 2 aromatic rings. The number of benzene rings is 2. The maximum atomic E-state index is 12.3. The van der Waals surface area contributed by atoms with E-state index >= 15 is 0 Å². The van der Waals surface area contributed by atoms with Gasteiger partial charge in [0.1, 0.15) is 11.5 Å². The highest BCUT2D eigenvalue weighted by molar-refractivity contribution is 7.92. The SMILES string of the molecule is COc1ccc([C@@H](C)NC(=O)CCCN(c2ccc(OC)c(Cl)c2)S(C)(=O)=O)cc1. The Hall–Kier alpha value is -2.45. The van der Waals surface area contributed by atoms with E-state index in [1.54, 1.807) is 19.2 Å². The second kappa shape index (κ2) is 10.5. The number of amides is 1. The van der Waals surface area contributed by atoms with Gasteiger partial charge in [0.25, 0.3) is 0 Å². The first-order valence-corrected chi connectivity index (χ1v) is 11.6. The second-order valence-corrected chi connectivity index (χ2v) is 9.13. The molecule has 0 aliphatic rings. The summed E-state index contributed by atoms with van der Waals surface area (Å²) in [5.74, 6) is 1.05. The van der Waals surface area contributed by atoms with E-state index in [4.69, 9.17) is 21.1 Å². The number of sulfonamides is 1. The smallest absolute Gasteiger partial charge is 0.232 e. The van der Waals surface area contributed by atoms with Gasteiger partial charge in [0.05, 0.1) is 37.2 Å². The molecule has 0 saturated carbocycles. The normalized spacial score (nSPS) is 12.2. The lowest BCUT2D eigenvalue weighted by Gasteiger charge is -2.23. The molecule has 0 aliphatic carbocycles. The van der Waals surface area contributed by atoms with Crippen LogP contribution in [0, 0.1) is 0 Å². The molecule has 0 fully saturated rings. The first-order valence-electron chi connectivity index (χ1n) is 9.40. The fourth-order valence-electron chi connectivity index (χ4n) is 2.97. The minimum atomic E-state index is -3.53. The minimum absolute atomic E-state index is 0.153. The predicted octanol–water partition coefficient (Wildman–Crippen LogP) is 3.78. The Kier molecular flexibility index (Phi) is 8.37. The number of anilines is 1. The third kappa shape index (κ3) is 6.53. The maximum Gasteiger partial charge on any atom is 0.232 e. The van der Waals surface area contributed by atoms with Crippen molar-refractivity contribution in [3.05, 3.63) is 53.1 Å².